The van der Waals surface area contributed by atoms with E-state index in [0.717, 1.165) is 29.7 Å². The zero-order valence-electron chi connectivity index (χ0n) is 17.2. The molecule has 0 saturated heterocycles. The van der Waals surface area contributed by atoms with Crippen molar-refractivity contribution in [2.45, 2.75) is 51.4 Å². The number of pyridine rings is 1. The van der Waals surface area contributed by atoms with Crippen molar-refractivity contribution < 1.29 is 9.59 Å². The van der Waals surface area contributed by atoms with Gasteiger partial charge >= 0.3 is 0 Å². The van der Waals surface area contributed by atoms with Gasteiger partial charge in [-0.1, -0.05) is 6.07 Å². The molecule has 0 radical (unpaired) electrons. The van der Waals surface area contributed by atoms with E-state index in [1.807, 2.05) is 22.6 Å². The average Bonchev–Trinajstić information content (AvgIpc) is 3.63. The first-order chi connectivity index (χ1) is 14.5. The van der Waals surface area contributed by atoms with Gasteiger partial charge in [-0.25, -0.2) is 4.98 Å². The lowest BCUT2D eigenvalue weighted by Gasteiger charge is -2.63. The number of hydrogen-bond acceptors (Lipinski definition) is 3. The molecule has 7 aliphatic carbocycles. The zero-order chi connectivity index (χ0) is 20.1. The van der Waals surface area contributed by atoms with Crippen molar-refractivity contribution in [2.75, 3.05) is 11.9 Å². The largest absolute Gasteiger partial charge is 0.350 e. The molecular weight excluding hydrogens is 376 g/mol. The van der Waals surface area contributed by atoms with Crippen LogP contribution in [-0.4, -0.2) is 27.7 Å². The van der Waals surface area contributed by atoms with Crippen LogP contribution in [0.4, 0.5) is 5.82 Å². The molecule has 7 fully saturated rings. The van der Waals surface area contributed by atoms with Gasteiger partial charge in [-0.05, 0) is 91.6 Å². The predicted molar refractivity (Wildman–Crippen MR) is 112 cm³/mol. The lowest BCUT2D eigenvalue weighted by atomic mass is 9.41. The number of fused-ring (bicyclic) bond motifs is 1. The Morgan fingerprint density at radius 1 is 1.10 bits per heavy atom. The van der Waals surface area contributed by atoms with Gasteiger partial charge in [0.1, 0.15) is 17.2 Å². The van der Waals surface area contributed by atoms with E-state index in [0.29, 0.717) is 29.5 Å². The van der Waals surface area contributed by atoms with Gasteiger partial charge in [0.05, 0.1) is 0 Å². The monoisotopic (exact) mass is 404 g/mol. The van der Waals surface area contributed by atoms with Gasteiger partial charge in [-0.2, -0.15) is 0 Å². The van der Waals surface area contributed by atoms with E-state index < -0.39 is 0 Å². The van der Waals surface area contributed by atoms with E-state index >= 15 is 0 Å². The van der Waals surface area contributed by atoms with E-state index in [9.17, 15) is 9.59 Å². The smallest absolute Gasteiger partial charge is 0.271 e. The molecule has 30 heavy (non-hydrogen) atoms. The molecule has 3 unspecified atom stereocenters. The van der Waals surface area contributed by atoms with Crippen LogP contribution >= 0.6 is 0 Å². The summed E-state index contributed by atoms with van der Waals surface area (Å²) in [6.45, 7) is 0.725. The molecule has 2 aromatic heterocycles. The molecular formula is C24H28N4O2. The fourth-order valence-corrected chi connectivity index (χ4v) is 7.57. The number of anilines is 1. The fourth-order valence-electron chi connectivity index (χ4n) is 7.57. The predicted octanol–water partition coefficient (Wildman–Crippen LogP) is 3.63. The average molecular weight is 405 g/mol. The Morgan fingerprint density at radius 3 is 2.67 bits per heavy atom. The highest BCUT2D eigenvalue weighted by Gasteiger charge is 2.77. The first-order valence-electron chi connectivity index (χ1n) is 11.6. The third-order valence-corrected chi connectivity index (χ3v) is 9.10. The number of carbonyl (C=O) groups excluding carboxylic acids is 2. The van der Waals surface area contributed by atoms with Gasteiger partial charge < -0.3 is 10.6 Å². The molecule has 156 valence electrons. The number of carbonyl (C=O) groups is 2. The second-order valence-corrected chi connectivity index (χ2v) is 10.9. The van der Waals surface area contributed by atoms with Crippen molar-refractivity contribution in [3.05, 3.63) is 30.1 Å². The lowest BCUT2D eigenvalue weighted by Crippen LogP contribution is -2.56. The lowest BCUT2D eigenvalue weighted by molar-refractivity contribution is -0.149. The summed E-state index contributed by atoms with van der Waals surface area (Å²) < 4.78 is 1.83. The van der Waals surface area contributed by atoms with Crippen LogP contribution in [0, 0.1) is 34.5 Å². The van der Waals surface area contributed by atoms with Gasteiger partial charge in [-0.3, -0.25) is 14.0 Å². The minimum absolute atomic E-state index is 0.102. The van der Waals surface area contributed by atoms with Gasteiger partial charge in [0.2, 0.25) is 5.91 Å². The van der Waals surface area contributed by atoms with Crippen LogP contribution in [0.3, 0.4) is 0 Å². The van der Waals surface area contributed by atoms with Crippen LogP contribution in [0.5, 0.6) is 0 Å². The maximum atomic E-state index is 13.0. The summed E-state index contributed by atoms with van der Waals surface area (Å²) in [6.07, 6.45) is 11.4. The summed E-state index contributed by atoms with van der Waals surface area (Å²) in [4.78, 5) is 29.9. The Hall–Kier alpha value is -2.37. The number of nitrogens with one attached hydrogen (secondary N) is 2. The molecule has 2 heterocycles. The summed E-state index contributed by atoms with van der Waals surface area (Å²) in [5.74, 6) is 3.99. The van der Waals surface area contributed by atoms with Crippen LogP contribution in [0.25, 0.3) is 5.65 Å². The zero-order valence-corrected chi connectivity index (χ0v) is 17.2. The van der Waals surface area contributed by atoms with Crippen molar-refractivity contribution >= 4 is 23.3 Å². The first kappa shape index (κ1) is 17.3. The molecule has 7 aliphatic rings. The summed E-state index contributed by atoms with van der Waals surface area (Å²) in [5, 5.41) is 6.10. The van der Waals surface area contributed by atoms with Gasteiger partial charge in [0, 0.05) is 19.2 Å². The second-order valence-electron chi connectivity index (χ2n) is 10.9. The maximum Gasteiger partial charge on any atom is 0.271 e. The van der Waals surface area contributed by atoms with Crippen LogP contribution in [0.1, 0.15) is 61.9 Å². The number of aromatic nitrogens is 2. The SMILES string of the molecule is O=C(CC12CC3CC(C1)C31CC1C2)Nc1cccc2nc(C(=O)NCC3CC3)cn12. The molecule has 7 saturated carbocycles. The van der Waals surface area contributed by atoms with Crippen molar-refractivity contribution in [2.24, 2.45) is 34.5 Å². The molecule has 1 spiro atoms. The minimum Gasteiger partial charge on any atom is -0.350 e. The molecule has 0 aromatic carbocycles. The Morgan fingerprint density at radius 2 is 1.90 bits per heavy atom. The number of hydrogen-bond donors (Lipinski definition) is 2. The first-order valence-corrected chi connectivity index (χ1v) is 11.6. The standard InChI is InChI=1S/C24H28N4O2/c29-21(11-23-7-15-6-16(8-23)24(15)10-17(24)9-23)27-20-3-1-2-19-26-18(13-28(19)20)22(30)25-12-14-4-5-14/h1-3,13-17H,4-12H2,(H,25,30)(H,27,29). The molecule has 2 N–H and O–H groups in total. The molecule has 2 aromatic rings. The highest BCUT2D eigenvalue weighted by molar-refractivity contribution is 5.94. The Kier molecular flexibility index (Phi) is 3.26. The van der Waals surface area contributed by atoms with Crippen LogP contribution < -0.4 is 10.6 Å². The van der Waals surface area contributed by atoms with Gasteiger partial charge in [0.25, 0.3) is 5.91 Å². The molecule has 3 atom stereocenters. The third kappa shape index (κ3) is 2.39. The minimum atomic E-state index is -0.140. The van der Waals surface area contributed by atoms with E-state index in [2.05, 4.69) is 15.6 Å². The van der Waals surface area contributed by atoms with Crippen molar-refractivity contribution in [1.29, 1.82) is 0 Å². The summed E-state index contributed by atoms with van der Waals surface area (Å²) in [7, 11) is 0. The normalized spacial score (nSPS) is 37.4. The molecule has 0 aliphatic heterocycles. The van der Waals surface area contributed by atoms with E-state index in [1.165, 1.54) is 44.9 Å². The second kappa shape index (κ2) is 5.65. The van der Waals surface area contributed by atoms with E-state index in [1.54, 1.807) is 6.20 Å². The quantitative estimate of drug-likeness (QED) is 0.772. The molecule has 6 heteroatoms. The highest BCUT2D eigenvalue weighted by Crippen LogP contribution is 2.85. The molecule has 6 nitrogen and oxygen atoms in total. The maximum absolute atomic E-state index is 13.0. The van der Waals surface area contributed by atoms with E-state index in [4.69, 9.17) is 0 Å². The number of imidazole rings is 1. The topological polar surface area (TPSA) is 75.5 Å². The summed E-state index contributed by atoms with van der Waals surface area (Å²) in [6, 6.07) is 5.65. The third-order valence-electron chi connectivity index (χ3n) is 9.10. The summed E-state index contributed by atoms with van der Waals surface area (Å²) in [5.41, 5.74) is 2.05. The summed E-state index contributed by atoms with van der Waals surface area (Å²) >= 11 is 0. The molecule has 2 amide bonds. The van der Waals surface area contributed by atoms with Gasteiger partial charge in [-0.15, -0.1) is 0 Å². The Labute approximate surface area is 175 Å². The molecule has 4 bridgehead atoms. The van der Waals surface area contributed by atoms with Crippen LogP contribution in [-0.2, 0) is 4.79 Å². The van der Waals surface area contributed by atoms with E-state index in [-0.39, 0.29) is 17.2 Å². The Balaban J connectivity index is 1.08. The highest BCUT2D eigenvalue weighted by atomic mass is 16.2. The van der Waals surface area contributed by atoms with Gasteiger partial charge in [0.15, 0.2) is 0 Å². The number of rotatable bonds is 6. The molecule has 9 rings (SSSR count). The van der Waals surface area contributed by atoms with Crippen LogP contribution in [0.15, 0.2) is 24.4 Å². The van der Waals surface area contributed by atoms with Crippen molar-refractivity contribution in [1.82, 2.24) is 14.7 Å². The Bertz CT molecular complexity index is 1070. The number of nitrogens with zero attached hydrogens (tertiary/aromatic N) is 2. The number of amides is 2. The fraction of sp³-hybridized carbons (Fsp3) is 0.625. The van der Waals surface area contributed by atoms with Crippen LogP contribution in [0.2, 0.25) is 0 Å². The van der Waals surface area contributed by atoms with Crippen molar-refractivity contribution in [3.8, 4) is 0 Å². The van der Waals surface area contributed by atoms with Crippen molar-refractivity contribution in [3.63, 3.8) is 0 Å².